The van der Waals surface area contributed by atoms with Crippen LogP contribution in [0, 0.1) is 0 Å². The number of hydrogen-bond acceptors (Lipinski definition) is 3. The first-order valence-electron chi connectivity index (χ1n) is 8.26. The number of anilines is 1. The van der Waals surface area contributed by atoms with Crippen molar-refractivity contribution in [2.24, 2.45) is 0 Å². The Balaban J connectivity index is 1.64. The fraction of sp³-hybridized carbons (Fsp3) is 0.529. The second kappa shape index (κ2) is 6.92. The average Bonchev–Trinajstić information content (AvgIpc) is 3.13. The van der Waals surface area contributed by atoms with Crippen LogP contribution in [0.4, 0.5) is 5.69 Å². The molecule has 0 saturated carbocycles. The molecule has 3 N–H and O–H groups in total. The SMILES string of the molecule is CCCCc1nc2ccc(NC(=O)CC3CCCN3)cc2[nH]1. The van der Waals surface area contributed by atoms with Crippen molar-refractivity contribution in [1.82, 2.24) is 15.3 Å². The molecule has 1 aromatic heterocycles. The minimum absolute atomic E-state index is 0.0736. The Morgan fingerprint density at radius 3 is 3.14 bits per heavy atom. The van der Waals surface area contributed by atoms with Crippen LogP contribution in [0.15, 0.2) is 18.2 Å². The quantitative estimate of drug-likeness (QED) is 0.768. The van der Waals surface area contributed by atoms with E-state index in [1.807, 2.05) is 18.2 Å². The van der Waals surface area contributed by atoms with Gasteiger partial charge in [-0.15, -0.1) is 0 Å². The molecule has 1 aliphatic rings. The van der Waals surface area contributed by atoms with Gasteiger partial charge in [0.1, 0.15) is 5.82 Å². The van der Waals surface area contributed by atoms with E-state index in [0.717, 1.165) is 54.8 Å². The summed E-state index contributed by atoms with van der Waals surface area (Å²) in [5.41, 5.74) is 2.78. The van der Waals surface area contributed by atoms with Gasteiger partial charge in [-0.25, -0.2) is 4.98 Å². The summed E-state index contributed by atoms with van der Waals surface area (Å²) in [6.45, 7) is 3.20. The fourth-order valence-corrected chi connectivity index (χ4v) is 2.97. The molecule has 5 nitrogen and oxygen atoms in total. The molecule has 22 heavy (non-hydrogen) atoms. The second-order valence-electron chi connectivity index (χ2n) is 6.06. The van der Waals surface area contributed by atoms with Gasteiger partial charge in [-0.1, -0.05) is 13.3 Å². The lowest BCUT2D eigenvalue weighted by Gasteiger charge is -2.10. The number of hydrogen-bond donors (Lipinski definition) is 3. The maximum atomic E-state index is 12.1. The van der Waals surface area contributed by atoms with Crippen molar-refractivity contribution in [3.63, 3.8) is 0 Å². The smallest absolute Gasteiger partial charge is 0.225 e. The third kappa shape index (κ3) is 3.65. The van der Waals surface area contributed by atoms with Gasteiger partial charge in [0.15, 0.2) is 0 Å². The Bertz CT molecular complexity index is 643. The molecule has 0 spiro atoms. The third-order valence-electron chi connectivity index (χ3n) is 4.18. The number of imidazole rings is 1. The van der Waals surface area contributed by atoms with Crippen LogP contribution in [0.25, 0.3) is 11.0 Å². The number of fused-ring (bicyclic) bond motifs is 1. The van der Waals surface area contributed by atoms with E-state index in [1.165, 1.54) is 6.42 Å². The summed E-state index contributed by atoms with van der Waals surface area (Å²) in [5.74, 6) is 1.10. The zero-order valence-electron chi connectivity index (χ0n) is 13.1. The number of unbranched alkanes of at least 4 members (excludes halogenated alkanes) is 1. The molecule has 0 bridgehead atoms. The molecule has 1 aliphatic heterocycles. The first kappa shape index (κ1) is 15.0. The van der Waals surface area contributed by atoms with E-state index < -0.39 is 0 Å². The molecule has 1 saturated heterocycles. The van der Waals surface area contributed by atoms with E-state index >= 15 is 0 Å². The lowest BCUT2D eigenvalue weighted by Crippen LogP contribution is -2.27. The number of aromatic nitrogens is 2. The van der Waals surface area contributed by atoms with E-state index in [2.05, 4.69) is 27.5 Å². The number of nitrogens with zero attached hydrogens (tertiary/aromatic N) is 1. The van der Waals surface area contributed by atoms with Crippen molar-refractivity contribution in [3.05, 3.63) is 24.0 Å². The van der Waals surface area contributed by atoms with Crippen molar-refractivity contribution in [2.45, 2.75) is 51.5 Å². The van der Waals surface area contributed by atoms with Crippen LogP contribution >= 0.6 is 0 Å². The zero-order valence-corrected chi connectivity index (χ0v) is 13.1. The number of aromatic amines is 1. The summed E-state index contributed by atoms with van der Waals surface area (Å²) in [6.07, 6.45) is 6.07. The lowest BCUT2D eigenvalue weighted by molar-refractivity contribution is -0.116. The van der Waals surface area contributed by atoms with Gasteiger partial charge in [0.25, 0.3) is 0 Å². The molecule has 1 aromatic carbocycles. The zero-order chi connectivity index (χ0) is 15.4. The summed E-state index contributed by atoms with van der Waals surface area (Å²) in [6, 6.07) is 6.19. The van der Waals surface area contributed by atoms with Gasteiger partial charge in [0.05, 0.1) is 11.0 Å². The van der Waals surface area contributed by atoms with Gasteiger partial charge in [0, 0.05) is 24.6 Å². The predicted molar refractivity (Wildman–Crippen MR) is 89.0 cm³/mol. The average molecular weight is 300 g/mol. The number of carbonyl (C=O) groups is 1. The molecule has 1 amide bonds. The normalized spacial score (nSPS) is 18.0. The van der Waals surface area contributed by atoms with Gasteiger partial charge in [0.2, 0.25) is 5.91 Å². The Morgan fingerprint density at radius 1 is 1.45 bits per heavy atom. The third-order valence-corrected chi connectivity index (χ3v) is 4.18. The largest absolute Gasteiger partial charge is 0.342 e. The molecule has 5 heteroatoms. The molecule has 1 atom stereocenters. The van der Waals surface area contributed by atoms with Crippen LogP contribution in [-0.4, -0.2) is 28.5 Å². The highest BCUT2D eigenvalue weighted by molar-refractivity contribution is 5.93. The molecule has 1 unspecified atom stereocenters. The van der Waals surface area contributed by atoms with E-state index in [9.17, 15) is 4.79 Å². The summed E-state index contributed by atoms with van der Waals surface area (Å²) in [4.78, 5) is 20.0. The topological polar surface area (TPSA) is 69.8 Å². The van der Waals surface area contributed by atoms with Crippen LogP contribution in [0.5, 0.6) is 0 Å². The van der Waals surface area contributed by atoms with Crippen molar-refractivity contribution in [1.29, 1.82) is 0 Å². The molecule has 2 heterocycles. The Labute approximate surface area is 130 Å². The molecular formula is C17H24N4O. The minimum Gasteiger partial charge on any atom is -0.342 e. The van der Waals surface area contributed by atoms with Crippen LogP contribution in [0.1, 0.15) is 44.9 Å². The molecular weight excluding hydrogens is 276 g/mol. The first-order chi connectivity index (χ1) is 10.7. The standard InChI is InChI=1S/C17H24N4O/c1-2-3-6-16-20-14-8-7-13(10-15(14)21-16)19-17(22)11-12-5-4-9-18-12/h7-8,10,12,18H,2-6,9,11H2,1H3,(H,19,22)(H,20,21). The van der Waals surface area contributed by atoms with E-state index in [1.54, 1.807) is 0 Å². The van der Waals surface area contributed by atoms with Crippen molar-refractivity contribution >= 4 is 22.6 Å². The number of rotatable bonds is 6. The summed E-state index contributed by atoms with van der Waals surface area (Å²) >= 11 is 0. The number of nitrogens with one attached hydrogen (secondary N) is 3. The van der Waals surface area contributed by atoms with Crippen LogP contribution in [0.2, 0.25) is 0 Å². The van der Waals surface area contributed by atoms with Crippen LogP contribution in [0.3, 0.4) is 0 Å². The van der Waals surface area contributed by atoms with Gasteiger partial charge in [-0.05, 0) is 44.0 Å². The van der Waals surface area contributed by atoms with Crippen LogP contribution in [-0.2, 0) is 11.2 Å². The second-order valence-corrected chi connectivity index (χ2v) is 6.06. The monoisotopic (exact) mass is 300 g/mol. The Hall–Kier alpha value is -1.88. The highest BCUT2D eigenvalue weighted by atomic mass is 16.1. The van der Waals surface area contributed by atoms with Gasteiger partial charge in [-0.3, -0.25) is 4.79 Å². The predicted octanol–water partition coefficient (Wildman–Crippen LogP) is 2.99. The summed E-state index contributed by atoms with van der Waals surface area (Å²) in [7, 11) is 0. The Morgan fingerprint density at radius 2 is 2.36 bits per heavy atom. The highest BCUT2D eigenvalue weighted by Gasteiger charge is 2.17. The number of carbonyl (C=O) groups excluding carboxylic acids is 1. The van der Waals surface area contributed by atoms with E-state index in [0.29, 0.717) is 12.5 Å². The van der Waals surface area contributed by atoms with Gasteiger partial charge >= 0.3 is 0 Å². The van der Waals surface area contributed by atoms with Crippen LogP contribution < -0.4 is 10.6 Å². The van der Waals surface area contributed by atoms with E-state index in [4.69, 9.17) is 0 Å². The number of benzene rings is 1. The minimum atomic E-state index is 0.0736. The van der Waals surface area contributed by atoms with Crippen molar-refractivity contribution in [3.8, 4) is 0 Å². The van der Waals surface area contributed by atoms with Crippen molar-refractivity contribution in [2.75, 3.05) is 11.9 Å². The molecule has 0 radical (unpaired) electrons. The number of amides is 1. The van der Waals surface area contributed by atoms with Gasteiger partial charge < -0.3 is 15.6 Å². The number of H-pyrrole nitrogens is 1. The maximum absolute atomic E-state index is 12.1. The number of aryl methyl sites for hydroxylation is 1. The highest BCUT2D eigenvalue weighted by Crippen LogP contribution is 2.19. The Kier molecular flexibility index (Phi) is 4.73. The maximum Gasteiger partial charge on any atom is 0.225 e. The summed E-state index contributed by atoms with van der Waals surface area (Å²) < 4.78 is 0. The lowest BCUT2D eigenvalue weighted by atomic mass is 10.1. The fourth-order valence-electron chi connectivity index (χ4n) is 2.97. The van der Waals surface area contributed by atoms with Crippen molar-refractivity contribution < 1.29 is 4.79 Å². The molecule has 118 valence electrons. The van der Waals surface area contributed by atoms with E-state index in [-0.39, 0.29) is 5.91 Å². The molecule has 2 aromatic rings. The van der Waals surface area contributed by atoms with Gasteiger partial charge in [-0.2, -0.15) is 0 Å². The molecule has 0 aliphatic carbocycles. The molecule has 3 rings (SSSR count). The first-order valence-corrected chi connectivity index (χ1v) is 8.26. The molecule has 1 fully saturated rings. The summed E-state index contributed by atoms with van der Waals surface area (Å²) in [5, 5.41) is 6.34.